The number of aryl methyl sites for hydroxylation is 1. The number of nitrogens with one attached hydrogen (secondary N) is 1. The minimum atomic E-state index is -0.589. The van der Waals surface area contributed by atoms with Crippen molar-refractivity contribution in [2.24, 2.45) is 0 Å². The van der Waals surface area contributed by atoms with Gasteiger partial charge in [0.2, 0.25) is 0 Å². The summed E-state index contributed by atoms with van der Waals surface area (Å²) in [6.07, 6.45) is 0. The van der Waals surface area contributed by atoms with Gasteiger partial charge >= 0.3 is 0 Å². The number of hydrogen-bond acceptors (Lipinski definition) is 2. The van der Waals surface area contributed by atoms with Gasteiger partial charge in [0.1, 0.15) is 17.3 Å². The number of hydrogen-bond donors (Lipinski definition) is 1. The van der Waals surface area contributed by atoms with Crippen molar-refractivity contribution in [1.82, 2.24) is 0 Å². The fourth-order valence-electron chi connectivity index (χ4n) is 1.92. The van der Waals surface area contributed by atoms with Crippen LogP contribution in [0, 0.1) is 18.6 Å². The normalized spacial score (nSPS) is 10.4. The lowest BCUT2D eigenvalue weighted by Crippen LogP contribution is -2.05. The fraction of sp³-hybridized carbons (Fsp3) is 0.250. The molecule has 4 heteroatoms. The third-order valence-corrected chi connectivity index (χ3v) is 2.96. The molecule has 0 saturated carbocycles. The second-order valence-electron chi connectivity index (χ2n) is 4.49. The SMILES string of the molecule is CCOc1cccc(CNc2c(F)ccc(C)c2F)c1. The number of benzene rings is 2. The Balaban J connectivity index is 2.13. The van der Waals surface area contributed by atoms with Crippen LogP contribution >= 0.6 is 0 Å². The Morgan fingerprint density at radius 1 is 1.15 bits per heavy atom. The zero-order valence-corrected chi connectivity index (χ0v) is 11.5. The van der Waals surface area contributed by atoms with Crippen LogP contribution in [0.15, 0.2) is 36.4 Å². The quantitative estimate of drug-likeness (QED) is 0.880. The molecule has 106 valence electrons. The average molecular weight is 277 g/mol. The summed E-state index contributed by atoms with van der Waals surface area (Å²) in [7, 11) is 0. The maximum absolute atomic E-state index is 13.8. The lowest BCUT2D eigenvalue weighted by atomic mass is 10.1. The van der Waals surface area contributed by atoms with Crippen LogP contribution in [0.1, 0.15) is 18.1 Å². The molecule has 0 aliphatic rings. The van der Waals surface area contributed by atoms with E-state index in [0.29, 0.717) is 18.7 Å². The summed E-state index contributed by atoms with van der Waals surface area (Å²) in [6, 6.07) is 10.1. The van der Waals surface area contributed by atoms with Crippen molar-refractivity contribution in [2.45, 2.75) is 20.4 Å². The summed E-state index contributed by atoms with van der Waals surface area (Å²) in [5, 5.41) is 2.80. The van der Waals surface area contributed by atoms with E-state index in [1.807, 2.05) is 31.2 Å². The molecule has 0 bridgehead atoms. The van der Waals surface area contributed by atoms with Crippen molar-refractivity contribution in [3.63, 3.8) is 0 Å². The molecule has 1 N–H and O–H groups in total. The maximum Gasteiger partial charge on any atom is 0.152 e. The zero-order chi connectivity index (χ0) is 14.5. The molecule has 0 spiro atoms. The summed E-state index contributed by atoms with van der Waals surface area (Å²) in [5.74, 6) is -0.392. The van der Waals surface area contributed by atoms with Crippen LogP contribution in [0.2, 0.25) is 0 Å². The molecule has 0 aliphatic carbocycles. The lowest BCUT2D eigenvalue weighted by molar-refractivity contribution is 0.340. The van der Waals surface area contributed by atoms with Crippen molar-refractivity contribution >= 4 is 5.69 Å². The van der Waals surface area contributed by atoms with Gasteiger partial charge in [-0.2, -0.15) is 0 Å². The molecule has 0 aromatic heterocycles. The van der Waals surface area contributed by atoms with E-state index in [9.17, 15) is 8.78 Å². The molecule has 2 aromatic carbocycles. The highest BCUT2D eigenvalue weighted by Gasteiger charge is 2.10. The smallest absolute Gasteiger partial charge is 0.152 e. The van der Waals surface area contributed by atoms with E-state index in [1.165, 1.54) is 12.1 Å². The highest BCUT2D eigenvalue weighted by atomic mass is 19.1. The summed E-state index contributed by atoms with van der Waals surface area (Å²) >= 11 is 0. The van der Waals surface area contributed by atoms with E-state index in [4.69, 9.17) is 4.74 Å². The van der Waals surface area contributed by atoms with Crippen molar-refractivity contribution < 1.29 is 13.5 Å². The fourth-order valence-corrected chi connectivity index (χ4v) is 1.92. The third-order valence-electron chi connectivity index (χ3n) is 2.96. The number of anilines is 1. The predicted molar refractivity (Wildman–Crippen MR) is 76.0 cm³/mol. The highest BCUT2D eigenvalue weighted by molar-refractivity contribution is 5.49. The van der Waals surface area contributed by atoms with Crippen molar-refractivity contribution in [1.29, 1.82) is 0 Å². The Labute approximate surface area is 117 Å². The molecule has 0 fully saturated rings. The predicted octanol–water partition coefficient (Wildman–Crippen LogP) is 4.28. The number of rotatable bonds is 5. The molecule has 0 heterocycles. The van der Waals surface area contributed by atoms with Crippen LogP contribution in [-0.4, -0.2) is 6.61 Å². The molecule has 20 heavy (non-hydrogen) atoms. The first-order valence-corrected chi connectivity index (χ1v) is 6.52. The van der Waals surface area contributed by atoms with Gasteiger partial charge in [0.15, 0.2) is 5.82 Å². The Hall–Kier alpha value is -2.10. The van der Waals surface area contributed by atoms with Crippen LogP contribution < -0.4 is 10.1 Å². The second kappa shape index (κ2) is 6.37. The van der Waals surface area contributed by atoms with Gasteiger partial charge in [0.05, 0.1) is 6.61 Å². The number of ether oxygens (including phenoxy) is 1. The molecule has 0 unspecified atom stereocenters. The zero-order valence-electron chi connectivity index (χ0n) is 11.5. The van der Waals surface area contributed by atoms with Crippen molar-refractivity contribution in [3.8, 4) is 5.75 Å². The molecule has 2 rings (SSSR count). The van der Waals surface area contributed by atoms with E-state index < -0.39 is 11.6 Å². The molecule has 0 saturated heterocycles. The Bertz CT molecular complexity index is 599. The Morgan fingerprint density at radius 2 is 1.95 bits per heavy atom. The summed E-state index contributed by atoms with van der Waals surface area (Å²) in [5.41, 5.74) is 1.22. The first kappa shape index (κ1) is 14.3. The van der Waals surface area contributed by atoms with Crippen LogP contribution in [0.3, 0.4) is 0 Å². The van der Waals surface area contributed by atoms with Gasteiger partial charge in [0.25, 0.3) is 0 Å². The van der Waals surface area contributed by atoms with Crippen LogP contribution in [-0.2, 0) is 6.54 Å². The summed E-state index contributed by atoms with van der Waals surface area (Å²) in [6.45, 7) is 4.42. The molecular formula is C16H17F2NO. The van der Waals surface area contributed by atoms with Crippen LogP contribution in [0.25, 0.3) is 0 Å². The maximum atomic E-state index is 13.8. The van der Waals surface area contributed by atoms with E-state index >= 15 is 0 Å². The summed E-state index contributed by atoms with van der Waals surface area (Å²) < 4.78 is 32.8. The topological polar surface area (TPSA) is 21.3 Å². The third kappa shape index (κ3) is 3.26. The number of halogens is 2. The molecule has 2 nitrogen and oxygen atoms in total. The van der Waals surface area contributed by atoms with Crippen LogP contribution in [0.4, 0.5) is 14.5 Å². The Kier molecular flexibility index (Phi) is 4.56. The van der Waals surface area contributed by atoms with Crippen molar-refractivity contribution in [3.05, 3.63) is 59.2 Å². The standard InChI is InChI=1S/C16H17F2NO/c1-3-20-13-6-4-5-12(9-13)10-19-16-14(17)8-7-11(2)15(16)18/h4-9,19H,3,10H2,1-2H3. The van der Waals surface area contributed by atoms with Gasteiger partial charge in [-0.15, -0.1) is 0 Å². The van der Waals surface area contributed by atoms with Gasteiger partial charge in [-0.05, 0) is 43.2 Å². The largest absolute Gasteiger partial charge is 0.494 e. The van der Waals surface area contributed by atoms with Crippen LogP contribution in [0.5, 0.6) is 5.75 Å². The molecule has 0 atom stereocenters. The van der Waals surface area contributed by atoms with Gasteiger partial charge in [-0.1, -0.05) is 18.2 Å². The van der Waals surface area contributed by atoms with Crippen molar-refractivity contribution in [2.75, 3.05) is 11.9 Å². The minimum Gasteiger partial charge on any atom is -0.494 e. The second-order valence-corrected chi connectivity index (χ2v) is 4.49. The minimum absolute atomic E-state index is 0.0909. The van der Waals surface area contributed by atoms with Gasteiger partial charge in [-0.3, -0.25) is 0 Å². The lowest BCUT2D eigenvalue weighted by Gasteiger charge is -2.11. The first-order chi connectivity index (χ1) is 9.61. The molecule has 0 aliphatic heterocycles. The van der Waals surface area contributed by atoms with Gasteiger partial charge < -0.3 is 10.1 Å². The molecule has 2 aromatic rings. The van der Waals surface area contributed by atoms with Gasteiger partial charge in [-0.25, -0.2) is 8.78 Å². The van der Waals surface area contributed by atoms with E-state index in [1.54, 1.807) is 6.92 Å². The van der Waals surface area contributed by atoms with E-state index in [2.05, 4.69) is 5.32 Å². The molecular weight excluding hydrogens is 260 g/mol. The highest BCUT2D eigenvalue weighted by Crippen LogP contribution is 2.23. The van der Waals surface area contributed by atoms with E-state index in [0.717, 1.165) is 11.3 Å². The molecule has 0 radical (unpaired) electrons. The Morgan fingerprint density at radius 3 is 2.70 bits per heavy atom. The van der Waals surface area contributed by atoms with Gasteiger partial charge in [0, 0.05) is 6.54 Å². The average Bonchev–Trinajstić information content (AvgIpc) is 2.44. The molecule has 0 amide bonds. The first-order valence-electron chi connectivity index (χ1n) is 6.52. The summed E-state index contributed by atoms with van der Waals surface area (Å²) in [4.78, 5) is 0. The monoisotopic (exact) mass is 277 g/mol. The van der Waals surface area contributed by atoms with E-state index in [-0.39, 0.29) is 5.69 Å².